The molecule has 122 valence electrons. The van der Waals surface area contributed by atoms with Gasteiger partial charge >= 0.3 is 0 Å². The van der Waals surface area contributed by atoms with E-state index in [0.717, 1.165) is 17.4 Å². The molecule has 0 saturated carbocycles. The van der Waals surface area contributed by atoms with E-state index in [1.54, 1.807) is 17.7 Å². The first-order chi connectivity index (χ1) is 11.4. The highest BCUT2D eigenvalue weighted by Crippen LogP contribution is 2.24. The Morgan fingerprint density at radius 3 is 2.79 bits per heavy atom. The van der Waals surface area contributed by atoms with E-state index in [0.29, 0.717) is 15.0 Å². The molecule has 0 unspecified atom stereocenters. The number of nitrogens with zero attached hydrogens (tertiary/aromatic N) is 3. The van der Waals surface area contributed by atoms with E-state index in [4.69, 9.17) is 11.6 Å². The second kappa shape index (κ2) is 6.14. The van der Waals surface area contributed by atoms with Crippen LogP contribution in [0.5, 0.6) is 0 Å². The highest BCUT2D eigenvalue weighted by Gasteiger charge is 2.20. The number of nitro groups is 1. The molecule has 0 aliphatic rings. The number of benzene rings is 2. The minimum Gasteiger partial charge on any atom is -0.319 e. The summed E-state index contributed by atoms with van der Waals surface area (Å²) >= 11 is 6.93. The van der Waals surface area contributed by atoms with Crippen LogP contribution in [0.25, 0.3) is 10.2 Å². The lowest BCUT2D eigenvalue weighted by molar-refractivity contribution is -0.385. The molecule has 2 aromatic carbocycles. The average Bonchev–Trinajstić information content (AvgIpc) is 2.82. The zero-order valence-electron chi connectivity index (χ0n) is 12.2. The first-order valence-electron chi connectivity index (χ1n) is 6.65. The van der Waals surface area contributed by atoms with E-state index < -0.39 is 16.6 Å². The summed E-state index contributed by atoms with van der Waals surface area (Å²) in [6.07, 6.45) is 0. The number of thiazole rings is 1. The van der Waals surface area contributed by atoms with Crippen molar-refractivity contribution in [1.29, 1.82) is 0 Å². The van der Waals surface area contributed by atoms with Crippen molar-refractivity contribution in [3.05, 3.63) is 67.7 Å². The molecule has 3 rings (SSSR count). The lowest BCUT2D eigenvalue weighted by Crippen LogP contribution is -2.14. The average molecular weight is 366 g/mol. The maximum atomic E-state index is 13.3. The number of aromatic nitrogens is 1. The number of carbonyl (C=O) groups is 1. The van der Waals surface area contributed by atoms with Crippen molar-refractivity contribution in [2.24, 2.45) is 12.0 Å². The standard InChI is InChI=1S/C15H9ClFN3O3S/c1-19-12-5-3-9(17)7-13(12)24-15(19)18-14(21)10-6-8(16)2-4-11(10)20(22)23/h2-7H,1H3. The third-order valence-corrected chi connectivity index (χ3v) is 4.68. The van der Waals surface area contributed by atoms with Crippen molar-refractivity contribution >= 4 is 44.7 Å². The van der Waals surface area contributed by atoms with Crippen LogP contribution in [0, 0.1) is 15.9 Å². The Hall–Kier alpha value is -2.58. The molecular formula is C15H9ClFN3O3S. The van der Waals surface area contributed by atoms with Gasteiger partial charge in [0.05, 0.1) is 15.1 Å². The van der Waals surface area contributed by atoms with Crippen LogP contribution in [-0.4, -0.2) is 15.4 Å². The van der Waals surface area contributed by atoms with Crippen LogP contribution in [-0.2, 0) is 7.05 Å². The maximum absolute atomic E-state index is 13.3. The molecule has 0 saturated heterocycles. The predicted molar refractivity (Wildman–Crippen MR) is 88.8 cm³/mol. The van der Waals surface area contributed by atoms with E-state index in [-0.39, 0.29) is 16.3 Å². The minimum absolute atomic E-state index is 0.196. The van der Waals surface area contributed by atoms with Gasteiger partial charge in [0.2, 0.25) is 0 Å². The van der Waals surface area contributed by atoms with Crippen molar-refractivity contribution < 1.29 is 14.1 Å². The number of rotatable bonds is 2. The lowest BCUT2D eigenvalue weighted by Gasteiger charge is -1.99. The Morgan fingerprint density at radius 1 is 1.33 bits per heavy atom. The summed E-state index contributed by atoms with van der Waals surface area (Å²) in [4.78, 5) is 27.0. The Balaban J connectivity index is 2.16. The first kappa shape index (κ1) is 16.3. The molecule has 6 nitrogen and oxygen atoms in total. The topological polar surface area (TPSA) is 77.5 Å². The molecule has 1 heterocycles. The highest BCUT2D eigenvalue weighted by molar-refractivity contribution is 7.16. The number of hydrogen-bond donors (Lipinski definition) is 0. The fourth-order valence-electron chi connectivity index (χ4n) is 2.20. The number of nitro benzene ring substituents is 1. The van der Waals surface area contributed by atoms with E-state index in [1.165, 1.54) is 24.3 Å². The molecule has 0 atom stereocenters. The summed E-state index contributed by atoms with van der Waals surface area (Å²) in [5, 5.41) is 11.3. The van der Waals surface area contributed by atoms with E-state index in [9.17, 15) is 19.3 Å². The Labute approximate surface area is 143 Å². The Kier molecular flexibility index (Phi) is 4.16. The molecule has 1 amide bonds. The summed E-state index contributed by atoms with van der Waals surface area (Å²) in [5.74, 6) is -1.18. The van der Waals surface area contributed by atoms with Gasteiger partial charge in [0, 0.05) is 18.1 Å². The fraction of sp³-hybridized carbons (Fsp3) is 0.0667. The summed E-state index contributed by atoms with van der Waals surface area (Å²) in [6, 6.07) is 7.92. The number of carbonyl (C=O) groups excluding carboxylic acids is 1. The van der Waals surface area contributed by atoms with Crippen LogP contribution in [0.4, 0.5) is 10.1 Å². The van der Waals surface area contributed by atoms with Crippen LogP contribution >= 0.6 is 22.9 Å². The highest BCUT2D eigenvalue weighted by atomic mass is 35.5. The summed E-state index contributed by atoms with van der Waals surface area (Å²) in [6.45, 7) is 0. The third kappa shape index (κ3) is 2.93. The zero-order valence-corrected chi connectivity index (χ0v) is 13.8. The molecule has 0 spiro atoms. The number of amides is 1. The molecule has 0 radical (unpaired) electrons. The SMILES string of the molecule is Cn1c(=NC(=O)c2cc(Cl)ccc2[N+](=O)[O-])sc2cc(F)ccc21. The minimum atomic E-state index is -0.785. The molecule has 0 bridgehead atoms. The van der Waals surface area contributed by atoms with Crippen LogP contribution in [0.3, 0.4) is 0 Å². The largest absolute Gasteiger partial charge is 0.319 e. The Bertz CT molecular complexity index is 1060. The molecule has 24 heavy (non-hydrogen) atoms. The fourth-order valence-corrected chi connectivity index (χ4v) is 3.41. The lowest BCUT2D eigenvalue weighted by atomic mass is 10.2. The van der Waals surface area contributed by atoms with Gasteiger partial charge in [0.25, 0.3) is 11.6 Å². The van der Waals surface area contributed by atoms with Crippen LogP contribution in [0.1, 0.15) is 10.4 Å². The van der Waals surface area contributed by atoms with Crippen LogP contribution in [0.15, 0.2) is 41.4 Å². The van der Waals surface area contributed by atoms with Gasteiger partial charge in [-0.3, -0.25) is 14.9 Å². The van der Waals surface area contributed by atoms with E-state index in [2.05, 4.69) is 4.99 Å². The van der Waals surface area contributed by atoms with Gasteiger partial charge in [-0.2, -0.15) is 4.99 Å². The predicted octanol–water partition coefficient (Wildman–Crippen LogP) is 3.68. The van der Waals surface area contributed by atoms with Crippen molar-refractivity contribution in [2.45, 2.75) is 0 Å². The molecule has 3 aromatic rings. The van der Waals surface area contributed by atoms with Gasteiger partial charge in [-0.05, 0) is 30.3 Å². The van der Waals surface area contributed by atoms with Gasteiger partial charge in [0.1, 0.15) is 11.4 Å². The molecule has 0 aliphatic heterocycles. The molecular weight excluding hydrogens is 357 g/mol. The van der Waals surface area contributed by atoms with E-state index in [1.807, 2.05) is 0 Å². The monoisotopic (exact) mass is 365 g/mol. The van der Waals surface area contributed by atoms with Gasteiger partial charge in [-0.15, -0.1) is 0 Å². The molecule has 9 heteroatoms. The number of halogens is 2. The summed E-state index contributed by atoms with van der Waals surface area (Å²) in [5.41, 5.74) is 0.132. The molecule has 0 fully saturated rings. The van der Waals surface area contributed by atoms with Gasteiger partial charge in [-0.1, -0.05) is 22.9 Å². The smallest absolute Gasteiger partial charge is 0.286 e. The van der Waals surface area contributed by atoms with Crippen LogP contribution in [0.2, 0.25) is 5.02 Å². The summed E-state index contributed by atoms with van der Waals surface area (Å²) in [7, 11) is 1.68. The number of hydrogen-bond acceptors (Lipinski definition) is 4. The second-order valence-electron chi connectivity index (χ2n) is 4.89. The maximum Gasteiger partial charge on any atom is 0.286 e. The van der Waals surface area contributed by atoms with Crippen molar-refractivity contribution in [3.63, 3.8) is 0 Å². The Morgan fingerprint density at radius 2 is 2.08 bits per heavy atom. The molecule has 0 N–H and O–H groups in total. The summed E-state index contributed by atoms with van der Waals surface area (Å²) < 4.78 is 15.5. The number of aryl methyl sites for hydroxylation is 1. The van der Waals surface area contributed by atoms with E-state index >= 15 is 0 Å². The third-order valence-electron chi connectivity index (χ3n) is 3.35. The zero-order chi connectivity index (χ0) is 17.4. The first-order valence-corrected chi connectivity index (χ1v) is 7.84. The quantitative estimate of drug-likeness (QED) is 0.513. The molecule has 0 aliphatic carbocycles. The normalized spacial score (nSPS) is 11.9. The second-order valence-corrected chi connectivity index (χ2v) is 6.34. The number of fused-ring (bicyclic) bond motifs is 1. The van der Waals surface area contributed by atoms with Crippen LogP contribution < -0.4 is 4.80 Å². The molecule has 1 aromatic heterocycles. The van der Waals surface area contributed by atoms with Crippen molar-refractivity contribution in [2.75, 3.05) is 0 Å². The van der Waals surface area contributed by atoms with Gasteiger partial charge in [-0.25, -0.2) is 4.39 Å². The van der Waals surface area contributed by atoms with Gasteiger partial charge in [0.15, 0.2) is 4.80 Å². The van der Waals surface area contributed by atoms with Crippen molar-refractivity contribution in [1.82, 2.24) is 4.57 Å². The van der Waals surface area contributed by atoms with Crippen molar-refractivity contribution in [3.8, 4) is 0 Å². The van der Waals surface area contributed by atoms with Gasteiger partial charge < -0.3 is 4.57 Å².